The predicted molar refractivity (Wildman–Crippen MR) is 202 cm³/mol. The largest absolute Gasteiger partial charge is 0.309 e. The summed E-state index contributed by atoms with van der Waals surface area (Å²) in [5.41, 5.74) is 11.6. The van der Waals surface area contributed by atoms with Gasteiger partial charge in [0, 0.05) is 33.0 Å². The van der Waals surface area contributed by atoms with Crippen molar-refractivity contribution in [2.45, 2.75) is 0 Å². The summed E-state index contributed by atoms with van der Waals surface area (Å²) in [6, 6.07) is 55.7. The fourth-order valence-electron chi connectivity index (χ4n) is 7.38. The van der Waals surface area contributed by atoms with Gasteiger partial charge in [-0.15, -0.1) is 0 Å². The van der Waals surface area contributed by atoms with Crippen molar-refractivity contribution in [3.8, 4) is 45.8 Å². The van der Waals surface area contributed by atoms with Gasteiger partial charge in [-0.25, -0.2) is 4.85 Å². The van der Waals surface area contributed by atoms with Gasteiger partial charge in [-0.05, 0) is 83.2 Å². The molecular weight excluding hydrogens is 611 g/mol. The molecule has 0 aliphatic carbocycles. The zero-order valence-electron chi connectivity index (χ0n) is 26.7. The van der Waals surface area contributed by atoms with Gasteiger partial charge in [0.15, 0.2) is 5.69 Å². The Morgan fingerprint density at radius 1 is 0.480 bits per heavy atom. The first-order valence-electron chi connectivity index (χ1n) is 16.3. The second-order valence-electron chi connectivity index (χ2n) is 12.3. The molecule has 0 spiro atoms. The molecule has 50 heavy (non-hydrogen) atoms. The van der Waals surface area contributed by atoms with Crippen molar-refractivity contribution in [2.24, 2.45) is 0 Å². The first-order valence-corrected chi connectivity index (χ1v) is 16.3. The topological polar surface area (TPSA) is 61.8 Å². The van der Waals surface area contributed by atoms with E-state index in [4.69, 9.17) is 6.57 Å². The highest BCUT2D eigenvalue weighted by molar-refractivity contribution is 6.11. The minimum Gasteiger partial charge on any atom is -0.309 e. The van der Waals surface area contributed by atoms with Crippen LogP contribution in [0.5, 0.6) is 0 Å². The number of fused-ring (bicyclic) bond motifs is 6. The molecule has 2 aromatic heterocycles. The quantitative estimate of drug-likeness (QED) is 0.181. The van der Waals surface area contributed by atoms with Gasteiger partial charge in [-0.1, -0.05) is 84.9 Å². The lowest BCUT2D eigenvalue weighted by Gasteiger charge is -2.16. The number of nitrogens with zero attached hydrogens (tertiary/aromatic N) is 5. The fraction of sp³-hybridized carbons (Fsp3) is 0. The Hall–Kier alpha value is -7.39. The first kappa shape index (κ1) is 28.8. The van der Waals surface area contributed by atoms with Crippen LogP contribution < -0.4 is 0 Å². The van der Waals surface area contributed by atoms with Crippen LogP contribution in [0.2, 0.25) is 0 Å². The Morgan fingerprint density at radius 3 is 1.88 bits per heavy atom. The number of hydrogen-bond donors (Lipinski definition) is 0. The molecule has 2 heterocycles. The van der Waals surface area contributed by atoms with Gasteiger partial charge < -0.3 is 9.13 Å². The molecule has 0 aliphatic heterocycles. The SMILES string of the molecule is [C-]#[N+]c1ccc2c(c1)c1cc(C#N)ccc1n2-c1cccc(-c2ccc(-c3ccccc3-n3c4ccccc4c4ccccc43)c(C#N)c2)c1. The third-order valence-electron chi connectivity index (χ3n) is 9.60. The molecule has 0 N–H and O–H groups in total. The van der Waals surface area contributed by atoms with E-state index in [2.05, 4.69) is 117 Å². The summed E-state index contributed by atoms with van der Waals surface area (Å²) in [5, 5.41) is 24.4. The molecule has 0 saturated heterocycles. The van der Waals surface area contributed by atoms with Gasteiger partial charge in [0.25, 0.3) is 0 Å². The average molecular weight is 636 g/mol. The molecule has 230 valence electrons. The van der Waals surface area contributed by atoms with E-state index in [0.29, 0.717) is 16.8 Å². The standard InChI is InChI=1S/C45H25N5/c1-48-33-19-22-45-40(26-33)39-23-29(27-46)17-21-44(39)49(45)34-10-8-9-30(25-34)31-18-20-35(32(24-31)28-47)36-11-2-5-14-41(36)50-42-15-6-3-12-37(42)38-13-4-7-16-43(38)50/h2-26H. The number of rotatable bonds is 4. The third kappa shape index (κ3) is 4.38. The molecule has 0 aliphatic rings. The zero-order valence-corrected chi connectivity index (χ0v) is 26.7. The molecular formula is C45H25N5. The first-order chi connectivity index (χ1) is 24.7. The van der Waals surface area contributed by atoms with E-state index in [-0.39, 0.29) is 0 Å². The second-order valence-corrected chi connectivity index (χ2v) is 12.3. The maximum Gasteiger partial charge on any atom is 0.188 e. The van der Waals surface area contributed by atoms with Crippen molar-refractivity contribution in [1.82, 2.24) is 9.13 Å². The summed E-state index contributed by atoms with van der Waals surface area (Å²) >= 11 is 0. The summed E-state index contributed by atoms with van der Waals surface area (Å²) in [7, 11) is 0. The van der Waals surface area contributed by atoms with E-state index >= 15 is 0 Å². The summed E-state index contributed by atoms with van der Waals surface area (Å²) in [5.74, 6) is 0. The smallest absolute Gasteiger partial charge is 0.188 e. The molecule has 9 rings (SSSR count). The lowest BCUT2D eigenvalue weighted by molar-refractivity contribution is 1.18. The molecule has 9 aromatic rings. The van der Waals surface area contributed by atoms with Crippen LogP contribution in [0.25, 0.3) is 82.1 Å². The van der Waals surface area contributed by atoms with Crippen LogP contribution >= 0.6 is 0 Å². The van der Waals surface area contributed by atoms with Gasteiger partial charge in [0.2, 0.25) is 0 Å². The molecule has 5 heteroatoms. The molecule has 0 unspecified atom stereocenters. The van der Waals surface area contributed by atoms with Gasteiger partial charge in [-0.2, -0.15) is 10.5 Å². The van der Waals surface area contributed by atoms with Crippen LogP contribution in [0.4, 0.5) is 5.69 Å². The Labute approximate surface area is 288 Å². The molecule has 7 aromatic carbocycles. The summed E-state index contributed by atoms with van der Waals surface area (Å²) in [6.45, 7) is 7.56. The van der Waals surface area contributed by atoms with Gasteiger partial charge in [-0.3, -0.25) is 0 Å². The summed E-state index contributed by atoms with van der Waals surface area (Å²) in [4.78, 5) is 3.65. The third-order valence-corrected chi connectivity index (χ3v) is 9.60. The molecule has 0 fully saturated rings. The summed E-state index contributed by atoms with van der Waals surface area (Å²) < 4.78 is 4.47. The van der Waals surface area contributed by atoms with E-state index in [9.17, 15) is 10.5 Å². The number of benzene rings is 7. The van der Waals surface area contributed by atoms with E-state index < -0.39 is 0 Å². The van der Waals surface area contributed by atoms with Crippen LogP contribution in [-0.4, -0.2) is 9.13 Å². The predicted octanol–water partition coefficient (Wildman–Crippen LogP) is 11.5. The van der Waals surface area contributed by atoms with E-state index in [1.165, 1.54) is 10.8 Å². The molecule has 0 saturated carbocycles. The molecule has 0 amide bonds. The fourth-order valence-corrected chi connectivity index (χ4v) is 7.38. The highest BCUT2D eigenvalue weighted by Gasteiger charge is 2.18. The minimum absolute atomic E-state index is 0.552. The van der Waals surface area contributed by atoms with Crippen LogP contribution in [-0.2, 0) is 0 Å². The molecule has 0 bridgehead atoms. The minimum atomic E-state index is 0.552. The second kappa shape index (κ2) is 11.4. The Morgan fingerprint density at radius 2 is 1.14 bits per heavy atom. The van der Waals surface area contributed by atoms with Crippen molar-refractivity contribution in [2.75, 3.05) is 0 Å². The Kier molecular flexibility index (Phi) is 6.56. The van der Waals surface area contributed by atoms with Gasteiger partial charge in [0.05, 0.1) is 57.6 Å². The maximum atomic E-state index is 10.5. The lowest BCUT2D eigenvalue weighted by atomic mass is 9.94. The van der Waals surface area contributed by atoms with E-state index in [0.717, 1.165) is 66.5 Å². The maximum absolute atomic E-state index is 10.5. The van der Waals surface area contributed by atoms with Crippen molar-refractivity contribution in [3.63, 3.8) is 0 Å². The lowest BCUT2D eigenvalue weighted by Crippen LogP contribution is -1.98. The van der Waals surface area contributed by atoms with Gasteiger partial charge in [0.1, 0.15) is 0 Å². The zero-order chi connectivity index (χ0) is 33.8. The number of hydrogen-bond acceptors (Lipinski definition) is 2. The van der Waals surface area contributed by atoms with Crippen LogP contribution in [0.1, 0.15) is 11.1 Å². The van der Waals surface area contributed by atoms with Crippen LogP contribution in [0, 0.1) is 29.2 Å². The molecule has 5 nitrogen and oxygen atoms in total. The van der Waals surface area contributed by atoms with Crippen molar-refractivity contribution < 1.29 is 0 Å². The highest BCUT2D eigenvalue weighted by Crippen LogP contribution is 2.39. The van der Waals surface area contributed by atoms with Crippen molar-refractivity contribution in [3.05, 3.63) is 174 Å². The van der Waals surface area contributed by atoms with Crippen LogP contribution in [0.3, 0.4) is 0 Å². The molecule has 0 atom stereocenters. The number of nitriles is 2. The van der Waals surface area contributed by atoms with E-state index in [1.54, 1.807) is 0 Å². The van der Waals surface area contributed by atoms with Crippen LogP contribution in [0.15, 0.2) is 152 Å². The van der Waals surface area contributed by atoms with E-state index in [1.807, 2.05) is 60.7 Å². The number of para-hydroxylation sites is 3. The highest BCUT2D eigenvalue weighted by atomic mass is 15.0. The monoisotopic (exact) mass is 635 g/mol. The normalized spacial score (nSPS) is 11.1. The Bertz CT molecular complexity index is 2850. The van der Waals surface area contributed by atoms with Gasteiger partial charge >= 0.3 is 0 Å². The van der Waals surface area contributed by atoms with Crippen molar-refractivity contribution in [1.29, 1.82) is 10.5 Å². The Balaban J connectivity index is 1.19. The molecule has 0 radical (unpaired) electrons. The average Bonchev–Trinajstić information content (AvgIpc) is 3.69. The van der Waals surface area contributed by atoms with Crippen molar-refractivity contribution >= 4 is 49.3 Å². The summed E-state index contributed by atoms with van der Waals surface area (Å²) in [6.07, 6.45) is 0. The number of aromatic nitrogens is 2.